The lowest BCUT2D eigenvalue weighted by Crippen LogP contribution is -2.60. The molecule has 7 atom stereocenters. The Balaban J connectivity index is 1.87. The summed E-state index contributed by atoms with van der Waals surface area (Å²) in [5, 5.41) is 10.9. The molecule has 7 nitrogen and oxygen atoms in total. The first-order valence-corrected chi connectivity index (χ1v) is 15.5. The molecule has 3 unspecified atom stereocenters. The molecule has 0 aliphatic carbocycles. The number of carbonyl (C=O) groups is 3. The van der Waals surface area contributed by atoms with Crippen LogP contribution in [-0.4, -0.2) is 80.9 Å². The molecule has 9 heteroatoms. The molecule has 218 valence electrons. The van der Waals surface area contributed by atoms with Crippen LogP contribution in [-0.2, 0) is 14.4 Å². The summed E-state index contributed by atoms with van der Waals surface area (Å²) in [5.41, 5.74) is 0.546. The number of nitrogens with zero attached hydrogens (tertiary/aromatic N) is 3. The first-order chi connectivity index (χ1) is 19.1. The lowest BCUT2D eigenvalue weighted by Gasteiger charge is -2.43. The third kappa shape index (κ3) is 4.80. The van der Waals surface area contributed by atoms with E-state index in [4.69, 9.17) is 11.6 Å². The van der Waals surface area contributed by atoms with Crippen LogP contribution in [0.5, 0.6) is 0 Å². The SMILES string of the molecule is C=CCN(CCC)C(=O)[C@@H]1[C@H]2C(=O)N([C@@H](CO)C(C)C)C(C(=O)N(CC=C)c3ccccc3Cl)C23S[C@@H]1CC3C. The second-order valence-corrected chi connectivity index (χ2v) is 13.5. The molecule has 3 heterocycles. The van der Waals surface area contributed by atoms with E-state index in [1.54, 1.807) is 56.8 Å². The van der Waals surface area contributed by atoms with E-state index < -0.39 is 28.7 Å². The number of fused-ring (bicyclic) bond motifs is 1. The van der Waals surface area contributed by atoms with Gasteiger partial charge in [-0.2, -0.15) is 0 Å². The molecule has 3 aliphatic heterocycles. The van der Waals surface area contributed by atoms with Crippen LogP contribution in [0.25, 0.3) is 0 Å². The fourth-order valence-electron chi connectivity index (χ4n) is 7.18. The average molecular weight is 588 g/mol. The Kier molecular flexibility index (Phi) is 9.42. The molecule has 0 saturated carbocycles. The molecule has 3 aliphatic rings. The van der Waals surface area contributed by atoms with Gasteiger partial charge in [0.2, 0.25) is 11.8 Å². The molecule has 1 aromatic rings. The molecule has 1 spiro atoms. The fourth-order valence-corrected chi connectivity index (χ4v) is 9.81. The van der Waals surface area contributed by atoms with Crippen LogP contribution in [0.3, 0.4) is 0 Å². The molecule has 0 aromatic heterocycles. The Morgan fingerprint density at radius 2 is 1.90 bits per heavy atom. The third-order valence-electron chi connectivity index (χ3n) is 8.89. The van der Waals surface area contributed by atoms with Crippen molar-refractivity contribution < 1.29 is 19.5 Å². The Morgan fingerprint density at radius 1 is 1.23 bits per heavy atom. The number of para-hydroxylation sites is 1. The highest BCUT2D eigenvalue weighted by Crippen LogP contribution is 2.69. The minimum Gasteiger partial charge on any atom is -0.394 e. The maximum absolute atomic E-state index is 14.8. The van der Waals surface area contributed by atoms with Crippen molar-refractivity contribution in [3.63, 3.8) is 0 Å². The highest BCUT2D eigenvalue weighted by molar-refractivity contribution is 8.02. The van der Waals surface area contributed by atoms with E-state index in [-0.39, 0.29) is 48.0 Å². The number of hydrogen-bond donors (Lipinski definition) is 1. The van der Waals surface area contributed by atoms with Crippen molar-refractivity contribution in [1.29, 1.82) is 0 Å². The van der Waals surface area contributed by atoms with Crippen LogP contribution in [0, 0.1) is 23.7 Å². The van der Waals surface area contributed by atoms with Crippen molar-refractivity contribution in [2.45, 2.75) is 62.6 Å². The van der Waals surface area contributed by atoms with Gasteiger partial charge in [0.05, 0.1) is 39.9 Å². The molecular formula is C31H42ClN3O4S. The quantitative estimate of drug-likeness (QED) is 0.360. The normalized spacial score (nSPS) is 29.4. The van der Waals surface area contributed by atoms with E-state index in [1.165, 1.54) is 0 Å². The maximum Gasteiger partial charge on any atom is 0.251 e. The summed E-state index contributed by atoms with van der Waals surface area (Å²) in [4.78, 5) is 48.5. The molecule has 1 aromatic carbocycles. The number of carbonyl (C=O) groups excluding carboxylic acids is 3. The minimum absolute atomic E-state index is 0.0156. The van der Waals surface area contributed by atoms with E-state index in [2.05, 4.69) is 20.1 Å². The van der Waals surface area contributed by atoms with Gasteiger partial charge < -0.3 is 19.8 Å². The topological polar surface area (TPSA) is 81.2 Å². The standard InChI is InChI=1S/C31H42ClN3O4S/c1-7-14-33(15-8-2)28(37)25-24-17-20(6)31(40-24)26(25)29(38)35(23(18-36)19(4)5)27(31)30(39)34(16-9-3)22-13-11-10-12-21(22)32/h7,9-13,19-20,23-27,36H,1,3,8,14-18H2,2,4-6H3/t20?,23-,24+,25-,26-,27?,31?/m0/s1. The summed E-state index contributed by atoms with van der Waals surface area (Å²) in [7, 11) is 0. The predicted molar refractivity (Wildman–Crippen MR) is 162 cm³/mol. The van der Waals surface area contributed by atoms with Gasteiger partial charge in [-0.25, -0.2) is 0 Å². The largest absolute Gasteiger partial charge is 0.394 e. The van der Waals surface area contributed by atoms with Crippen LogP contribution in [0.1, 0.15) is 40.5 Å². The molecule has 3 saturated heterocycles. The van der Waals surface area contributed by atoms with Gasteiger partial charge in [-0.05, 0) is 36.8 Å². The molecule has 2 bridgehead atoms. The van der Waals surface area contributed by atoms with Gasteiger partial charge in [0, 0.05) is 24.9 Å². The second kappa shape index (κ2) is 12.3. The molecule has 1 N–H and O–H groups in total. The number of rotatable bonds is 12. The van der Waals surface area contributed by atoms with Gasteiger partial charge in [0.25, 0.3) is 5.91 Å². The highest BCUT2D eigenvalue weighted by atomic mass is 35.5. The molecule has 40 heavy (non-hydrogen) atoms. The first kappa shape index (κ1) is 30.7. The number of anilines is 1. The summed E-state index contributed by atoms with van der Waals surface area (Å²) >= 11 is 8.22. The van der Waals surface area contributed by atoms with Gasteiger partial charge >= 0.3 is 0 Å². The zero-order valence-electron chi connectivity index (χ0n) is 24.0. The summed E-state index contributed by atoms with van der Waals surface area (Å²) in [5.74, 6) is -1.77. The smallest absolute Gasteiger partial charge is 0.251 e. The number of benzene rings is 1. The lowest BCUT2D eigenvalue weighted by molar-refractivity contribution is -0.146. The Morgan fingerprint density at radius 3 is 2.48 bits per heavy atom. The predicted octanol–water partition coefficient (Wildman–Crippen LogP) is 4.64. The number of likely N-dealkylation sites (tertiary alicyclic amines) is 1. The van der Waals surface area contributed by atoms with Crippen molar-refractivity contribution >= 4 is 46.8 Å². The second-order valence-electron chi connectivity index (χ2n) is 11.6. The van der Waals surface area contributed by atoms with Gasteiger partial charge in [0.1, 0.15) is 6.04 Å². The Labute approximate surface area is 247 Å². The van der Waals surface area contributed by atoms with E-state index in [0.29, 0.717) is 23.8 Å². The first-order valence-electron chi connectivity index (χ1n) is 14.3. The van der Waals surface area contributed by atoms with Crippen LogP contribution in [0.15, 0.2) is 49.6 Å². The molecule has 0 radical (unpaired) electrons. The van der Waals surface area contributed by atoms with Gasteiger partial charge in [-0.1, -0.05) is 63.6 Å². The number of aliphatic hydroxyl groups is 1. The van der Waals surface area contributed by atoms with E-state index in [9.17, 15) is 19.5 Å². The van der Waals surface area contributed by atoms with Gasteiger partial charge in [0.15, 0.2) is 0 Å². The third-order valence-corrected chi connectivity index (χ3v) is 11.3. The van der Waals surface area contributed by atoms with Crippen molar-refractivity contribution in [3.05, 3.63) is 54.6 Å². The molecule has 4 rings (SSSR count). The van der Waals surface area contributed by atoms with E-state index in [1.807, 2.05) is 26.8 Å². The van der Waals surface area contributed by atoms with Crippen LogP contribution in [0.2, 0.25) is 5.02 Å². The summed E-state index contributed by atoms with van der Waals surface area (Å²) in [6.07, 6.45) is 4.91. The number of aliphatic hydroxyl groups excluding tert-OH is 1. The van der Waals surface area contributed by atoms with Crippen molar-refractivity contribution in [1.82, 2.24) is 9.80 Å². The number of amides is 3. The van der Waals surface area contributed by atoms with Crippen LogP contribution in [0.4, 0.5) is 5.69 Å². The summed E-state index contributed by atoms with van der Waals surface area (Å²) in [6, 6.07) is 5.73. The van der Waals surface area contributed by atoms with Crippen molar-refractivity contribution in [2.75, 3.05) is 31.1 Å². The molecule has 3 amide bonds. The Bertz CT molecular complexity index is 1160. The van der Waals surface area contributed by atoms with E-state index >= 15 is 0 Å². The van der Waals surface area contributed by atoms with Crippen LogP contribution < -0.4 is 4.90 Å². The fraction of sp³-hybridized carbons (Fsp3) is 0.581. The van der Waals surface area contributed by atoms with Crippen LogP contribution >= 0.6 is 23.4 Å². The Hall–Kier alpha value is -2.29. The summed E-state index contributed by atoms with van der Waals surface area (Å²) in [6.45, 7) is 16.7. The minimum atomic E-state index is -0.859. The maximum atomic E-state index is 14.8. The lowest BCUT2D eigenvalue weighted by atomic mass is 9.65. The molecule has 3 fully saturated rings. The zero-order valence-corrected chi connectivity index (χ0v) is 25.5. The number of thioether (sulfide) groups is 1. The van der Waals surface area contributed by atoms with E-state index in [0.717, 1.165) is 12.8 Å². The van der Waals surface area contributed by atoms with Gasteiger partial charge in [-0.15, -0.1) is 24.9 Å². The van der Waals surface area contributed by atoms with Gasteiger partial charge in [-0.3, -0.25) is 14.4 Å². The highest BCUT2D eigenvalue weighted by Gasteiger charge is 2.77. The summed E-state index contributed by atoms with van der Waals surface area (Å²) < 4.78 is -0.797. The van der Waals surface area contributed by atoms with Crippen molar-refractivity contribution in [2.24, 2.45) is 23.7 Å². The van der Waals surface area contributed by atoms with Crippen molar-refractivity contribution in [3.8, 4) is 0 Å². The zero-order chi connectivity index (χ0) is 29.4. The molecular weight excluding hydrogens is 546 g/mol. The number of halogens is 1. The average Bonchev–Trinajstić information content (AvgIpc) is 3.51. The number of hydrogen-bond acceptors (Lipinski definition) is 5. The monoisotopic (exact) mass is 587 g/mol.